The van der Waals surface area contributed by atoms with E-state index in [0.29, 0.717) is 36.9 Å². The van der Waals surface area contributed by atoms with Crippen LogP contribution in [0.3, 0.4) is 0 Å². The number of aromatic nitrogens is 2. The highest BCUT2D eigenvalue weighted by Gasteiger charge is 2.20. The molecule has 0 saturated heterocycles. The zero-order valence-corrected chi connectivity index (χ0v) is 13.0. The molecule has 0 atom stereocenters. The number of hydrogen-bond donors (Lipinski definition) is 1. The lowest BCUT2D eigenvalue weighted by Crippen LogP contribution is -2.31. The Morgan fingerprint density at radius 2 is 2.10 bits per heavy atom. The maximum atomic E-state index is 11.5. The highest BCUT2D eigenvalue weighted by Crippen LogP contribution is 2.22. The molecule has 1 rings (SSSR count). The molecule has 1 aromatic heterocycles. The molecule has 0 bridgehead atoms. The van der Waals surface area contributed by atoms with E-state index in [9.17, 15) is 9.90 Å². The van der Waals surface area contributed by atoms with Crippen LogP contribution in [0.5, 0.6) is 0 Å². The molecule has 1 N–H and O–H groups in total. The molecule has 0 aromatic carbocycles. The zero-order valence-electron chi connectivity index (χ0n) is 13.0. The van der Waals surface area contributed by atoms with Crippen molar-refractivity contribution in [3.05, 3.63) is 17.7 Å². The van der Waals surface area contributed by atoms with Crippen LogP contribution in [0.1, 0.15) is 56.3 Å². The van der Waals surface area contributed by atoms with E-state index in [4.69, 9.17) is 5.26 Å². The van der Waals surface area contributed by atoms with Gasteiger partial charge in [0.25, 0.3) is 0 Å². The van der Waals surface area contributed by atoms with Gasteiger partial charge in [-0.25, -0.2) is 14.8 Å². The van der Waals surface area contributed by atoms with Crippen LogP contribution < -0.4 is 4.90 Å². The molecule has 0 spiro atoms. The van der Waals surface area contributed by atoms with Gasteiger partial charge in [-0.15, -0.1) is 0 Å². The van der Waals surface area contributed by atoms with Gasteiger partial charge in [0.05, 0.1) is 24.4 Å². The highest BCUT2D eigenvalue weighted by atomic mass is 16.4. The molecular weight excluding hydrogens is 268 g/mol. The molecule has 0 radical (unpaired) electrons. The summed E-state index contributed by atoms with van der Waals surface area (Å²) in [5.74, 6) is -0.147. The first kappa shape index (κ1) is 16.9. The molecule has 0 aliphatic heterocycles. The lowest BCUT2D eigenvalue weighted by atomic mass is 10.1. The maximum absolute atomic E-state index is 11.5. The fraction of sp³-hybridized carbons (Fsp3) is 0.600. The minimum atomic E-state index is -1.07. The molecule has 0 unspecified atom stereocenters. The Hall–Kier alpha value is -2.16. The number of carboxylic acids is 1. The Bertz CT molecular complexity index is 535. The molecule has 1 heterocycles. The van der Waals surface area contributed by atoms with Crippen LogP contribution in [-0.4, -0.2) is 34.1 Å². The smallest absolute Gasteiger partial charge is 0.356 e. The van der Waals surface area contributed by atoms with Gasteiger partial charge in [0.2, 0.25) is 0 Å². The van der Waals surface area contributed by atoms with Gasteiger partial charge in [-0.2, -0.15) is 5.26 Å². The van der Waals surface area contributed by atoms with Crippen molar-refractivity contribution in [3.8, 4) is 6.07 Å². The summed E-state index contributed by atoms with van der Waals surface area (Å²) in [5.41, 5.74) is 0.489. The Morgan fingerprint density at radius 1 is 1.43 bits per heavy atom. The molecule has 0 aliphatic carbocycles. The second-order valence-corrected chi connectivity index (χ2v) is 5.67. The van der Waals surface area contributed by atoms with Crippen molar-refractivity contribution >= 4 is 11.7 Å². The molecule has 114 valence electrons. The Kier molecular flexibility index (Phi) is 6.10. The van der Waals surface area contributed by atoms with E-state index in [1.165, 1.54) is 0 Å². The molecule has 0 aliphatic rings. The lowest BCUT2D eigenvalue weighted by Gasteiger charge is -2.26. The topological polar surface area (TPSA) is 90.1 Å². The van der Waals surface area contributed by atoms with E-state index in [1.807, 2.05) is 32.6 Å². The van der Waals surface area contributed by atoms with Crippen molar-refractivity contribution < 1.29 is 9.90 Å². The van der Waals surface area contributed by atoms with Crippen molar-refractivity contribution in [3.63, 3.8) is 0 Å². The van der Waals surface area contributed by atoms with Gasteiger partial charge < -0.3 is 10.0 Å². The predicted molar refractivity (Wildman–Crippen MR) is 80.4 cm³/mol. The molecule has 0 amide bonds. The second kappa shape index (κ2) is 7.58. The van der Waals surface area contributed by atoms with E-state index in [1.54, 1.807) is 6.20 Å². The minimum Gasteiger partial charge on any atom is -0.476 e. The van der Waals surface area contributed by atoms with Crippen LogP contribution >= 0.6 is 0 Å². The second-order valence-electron chi connectivity index (χ2n) is 5.67. The van der Waals surface area contributed by atoms with Crippen molar-refractivity contribution in [2.45, 2.75) is 40.0 Å². The Morgan fingerprint density at radius 3 is 2.57 bits per heavy atom. The number of carboxylic acid groups (broad SMARTS) is 1. The van der Waals surface area contributed by atoms with Crippen molar-refractivity contribution in [2.75, 3.05) is 18.0 Å². The fourth-order valence-electron chi connectivity index (χ4n) is 1.99. The third kappa shape index (κ3) is 4.71. The third-order valence-electron chi connectivity index (χ3n) is 2.93. The average molecular weight is 290 g/mol. The maximum Gasteiger partial charge on any atom is 0.356 e. The fourth-order valence-corrected chi connectivity index (χ4v) is 1.99. The predicted octanol–water partition coefficient (Wildman–Crippen LogP) is 2.67. The molecular formula is C15H22N4O2. The van der Waals surface area contributed by atoms with Gasteiger partial charge in [-0.3, -0.25) is 0 Å². The third-order valence-corrected chi connectivity index (χ3v) is 2.93. The highest BCUT2D eigenvalue weighted by molar-refractivity contribution is 5.92. The summed E-state index contributed by atoms with van der Waals surface area (Å²) in [5, 5.41) is 18.2. The number of hydrogen-bond acceptors (Lipinski definition) is 5. The summed E-state index contributed by atoms with van der Waals surface area (Å²) in [6, 6.07) is 2.09. The SMILES string of the molecule is CC(C)CN(CCC#N)c1cnc(C(C)C)nc1C(=O)O. The minimum absolute atomic E-state index is 0.00675. The average Bonchev–Trinajstić information content (AvgIpc) is 2.42. The van der Waals surface area contributed by atoms with Gasteiger partial charge in [0.1, 0.15) is 5.82 Å². The number of carbonyl (C=O) groups is 1. The molecule has 6 heteroatoms. The van der Waals surface area contributed by atoms with E-state index in [-0.39, 0.29) is 11.6 Å². The number of nitrogens with zero attached hydrogens (tertiary/aromatic N) is 4. The number of aromatic carboxylic acids is 1. The van der Waals surface area contributed by atoms with Crippen molar-refractivity contribution in [1.29, 1.82) is 5.26 Å². The summed E-state index contributed by atoms with van der Waals surface area (Å²) in [6.07, 6.45) is 1.89. The van der Waals surface area contributed by atoms with E-state index in [0.717, 1.165) is 0 Å². The van der Waals surface area contributed by atoms with Gasteiger partial charge in [-0.1, -0.05) is 27.7 Å². The number of anilines is 1. The quantitative estimate of drug-likeness (QED) is 0.830. The Labute approximate surface area is 125 Å². The van der Waals surface area contributed by atoms with Crippen LogP contribution in [0.25, 0.3) is 0 Å². The summed E-state index contributed by atoms with van der Waals surface area (Å²) in [4.78, 5) is 21.8. The molecule has 21 heavy (non-hydrogen) atoms. The largest absolute Gasteiger partial charge is 0.476 e. The van der Waals surface area contributed by atoms with Gasteiger partial charge in [0.15, 0.2) is 5.69 Å². The molecule has 0 fully saturated rings. The van der Waals surface area contributed by atoms with Crippen LogP contribution in [-0.2, 0) is 0 Å². The first-order valence-electron chi connectivity index (χ1n) is 7.08. The summed E-state index contributed by atoms with van der Waals surface area (Å²) < 4.78 is 0. The van der Waals surface area contributed by atoms with E-state index >= 15 is 0 Å². The first-order valence-corrected chi connectivity index (χ1v) is 7.08. The van der Waals surface area contributed by atoms with Gasteiger partial charge >= 0.3 is 5.97 Å². The zero-order chi connectivity index (χ0) is 16.0. The molecule has 6 nitrogen and oxygen atoms in total. The van der Waals surface area contributed by atoms with E-state index in [2.05, 4.69) is 16.0 Å². The molecule has 1 aromatic rings. The van der Waals surface area contributed by atoms with Crippen LogP contribution in [0.4, 0.5) is 5.69 Å². The van der Waals surface area contributed by atoms with Crippen LogP contribution in [0.15, 0.2) is 6.20 Å². The first-order chi connectivity index (χ1) is 9.86. The van der Waals surface area contributed by atoms with Crippen LogP contribution in [0.2, 0.25) is 0 Å². The monoisotopic (exact) mass is 290 g/mol. The standard InChI is InChI=1S/C15H22N4O2/c1-10(2)9-19(7-5-6-16)12-8-17-14(11(3)4)18-13(12)15(20)21/h8,10-11H,5,7,9H2,1-4H3,(H,20,21). The summed E-state index contributed by atoms with van der Waals surface area (Å²) in [6.45, 7) is 9.06. The summed E-state index contributed by atoms with van der Waals surface area (Å²) >= 11 is 0. The molecule has 0 saturated carbocycles. The summed E-state index contributed by atoms with van der Waals surface area (Å²) in [7, 11) is 0. The van der Waals surface area contributed by atoms with Crippen molar-refractivity contribution in [1.82, 2.24) is 9.97 Å². The van der Waals surface area contributed by atoms with E-state index < -0.39 is 5.97 Å². The lowest BCUT2D eigenvalue weighted by molar-refractivity contribution is 0.0690. The normalized spacial score (nSPS) is 10.7. The number of rotatable bonds is 7. The van der Waals surface area contributed by atoms with Crippen molar-refractivity contribution in [2.24, 2.45) is 5.92 Å². The van der Waals surface area contributed by atoms with Gasteiger partial charge in [-0.05, 0) is 5.92 Å². The number of nitriles is 1. The van der Waals surface area contributed by atoms with Gasteiger partial charge in [0, 0.05) is 19.0 Å². The van der Waals surface area contributed by atoms with Crippen LogP contribution in [0, 0.1) is 17.2 Å². The Balaban J connectivity index is 3.22.